The van der Waals surface area contributed by atoms with Gasteiger partial charge in [0.1, 0.15) is 5.76 Å². The highest BCUT2D eigenvalue weighted by Gasteiger charge is 2.27. The minimum Gasteiger partial charge on any atom is -0.469 e. The summed E-state index contributed by atoms with van der Waals surface area (Å²) in [4.78, 5) is 8.54. The lowest BCUT2D eigenvalue weighted by atomic mass is 10.0. The number of nitrogens with one attached hydrogen (secondary N) is 1. The SMILES string of the molecule is Cn1cc(C2CCN(C(=NCc3cccs3)NCCc3ccco3)C2)cn1.I. The monoisotopic (exact) mass is 511 g/mol. The number of halogens is 1. The maximum atomic E-state index is 5.44. The van der Waals surface area contributed by atoms with Gasteiger partial charge in [-0.3, -0.25) is 4.68 Å². The number of hydrogen-bond donors (Lipinski definition) is 1. The van der Waals surface area contributed by atoms with Gasteiger partial charge in [0, 0.05) is 50.1 Å². The van der Waals surface area contributed by atoms with E-state index < -0.39 is 0 Å². The second-order valence-electron chi connectivity index (χ2n) is 6.85. The van der Waals surface area contributed by atoms with Crippen molar-refractivity contribution in [1.29, 1.82) is 0 Å². The Kier molecular flexibility index (Phi) is 7.55. The van der Waals surface area contributed by atoms with Crippen molar-refractivity contribution in [1.82, 2.24) is 20.0 Å². The van der Waals surface area contributed by atoms with Crippen LogP contribution in [0, 0.1) is 0 Å². The maximum Gasteiger partial charge on any atom is 0.194 e. The van der Waals surface area contributed by atoms with Crippen molar-refractivity contribution in [2.45, 2.75) is 25.3 Å². The molecule has 0 radical (unpaired) electrons. The lowest BCUT2D eigenvalue weighted by Gasteiger charge is -2.22. The molecule has 8 heteroatoms. The highest BCUT2D eigenvalue weighted by Crippen LogP contribution is 2.26. The van der Waals surface area contributed by atoms with Gasteiger partial charge in [0.2, 0.25) is 0 Å². The van der Waals surface area contributed by atoms with Crippen LogP contribution in [0.1, 0.15) is 28.5 Å². The molecule has 1 aliphatic rings. The fourth-order valence-corrected chi connectivity index (χ4v) is 4.08. The molecule has 1 fully saturated rings. The van der Waals surface area contributed by atoms with Crippen molar-refractivity contribution < 1.29 is 4.42 Å². The summed E-state index contributed by atoms with van der Waals surface area (Å²) in [6.45, 7) is 3.51. The van der Waals surface area contributed by atoms with Crippen molar-refractivity contribution in [3.63, 3.8) is 0 Å². The van der Waals surface area contributed by atoms with E-state index in [-0.39, 0.29) is 24.0 Å². The van der Waals surface area contributed by atoms with E-state index >= 15 is 0 Å². The molecule has 4 rings (SSSR count). The molecule has 0 spiro atoms. The Hall–Kier alpha value is -1.81. The number of furan rings is 1. The minimum atomic E-state index is 0. The first kappa shape index (κ1) is 20.9. The predicted molar refractivity (Wildman–Crippen MR) is 123 cm³/mol. The third kappa shape index (κ3) is 5.38. The second-order valence-corrected chi connectivity index (χ2v) is 7.89. The van der Waals surface area contributed by atoms with Crippen molar-refractivity contribution in [3.8, 4) is 0 Å². The average Bonchev–Trinajstić information content (AvgIpc) is 3.46. The third-order valence-electron chi connectivity index (χ3n) is 4.88. The quantitative estimate of drug-likeness (QED) is 0.310. The smallest absolute Gasteiger partial charge is 0.194 e. The lowest BCUT2D eigenvalue weighted by molar-refractivity contribution is 0.475. The molecule has 3 aromatic heterocycles. The van der Waals surface area contributed by atoms with Crippen LogP contribution in [0.25, 0.3) is 0 Å². The molecule has 0 aromatic carbocycles. The van der Waals surface area contributed by atoms with Crippen molar-refractivity contribution >= 4 is 41.3 Å². The van der Waals surface area contributed by atoms with E-state index in [2.05, 4.69) is 39.0 Å². The first-order chi connectivity index (χ1) is 13.3. The van der Waals surface area contributed by atoms with Gasteiger partial charge in [-0.05, 0) is 35.6 Å². The van der Waals surface area contributed by atoms with E-state index in [9.17, 15) is 0 Å². The number of rotatable bonds is 6. The summed E-state index contributed by atoms with van der Waals surface area (Å²) >= 11 is 1.75. The standard InChI is InChI=1S/C20H25N5OS.HI/c1-24-14-17(12-23-24)16-7-9-25(15-16)20(22-13-19-5-3-11-27-19)21-8-6-18-4-2-10-26-18;/h2-5,10-12,14,16H,6-9,13,15H2,1H3,(H,21,22);1H. The largest absolute Gasteiger partial charge is 0.469 e. The van der Waals surface area contributed by atoms with E-state index in [0.717, 1.165) is 50.7 Å². The molecule has 0 amide bonds. The molecule has 1 atom stereocenters. The van der Waals surface area contributed by atoms with Crippen LogP contribution in [0.15, 0.2) is 57.7 Å². The van der Waals surface area contributed by atoms with E-state index in [1.165, 1.54) is 10.4 Å². The Morgan fingerprint density at radius 3 is 3.04 bits per heavy atom. The van der Waals surface area contributed by atoms with Crippen LogP contribution in [-0.4, -0.2) is 40.3 Å². The summed E-state index contributed by atoms with van der Waals surface area (Å²) in [6.07, 6.45) is 7.82. The number of thiophene rings is 1. The number of nitrogens with zero attached hydrogens (tertiary/aromatic N) is 4. The second kappa shape index (κ2) is 10.1. The Bertz CT molecular complexity index is 859. The average molecular weight is 511 g/mol. The van der Waals surface area contributed by atoms with E-state index in [1.54, 1.807) is 17.6 Å². The first-order valence-corrected chi connectivity index (χ1v) is 10.2. The van der Waals surface area contributed by atoms with Crippen LogP contribution in [-0.2, 0) is 20.0 Å². The van der Waals surface area contributed by atoms with Crippen molar-refractivity contribution in [2.24, 2.45) is 12.0 Å². The summed E-state index contributed by atoms with van der Waals surface area (Å²) in [6, 6.07) is 8.16. The van der Waals surface area contributed by atoms with E-state index in [4.69, 9.17) is 9.41 Å². The van der Waals surface area contributed by atoms with E-state index in [0.29, 0.717) is 5.92 Å². The highest BCUT2D eigenvalue weighted by atomic mass is 127. The Morgan fingerprint density at radius 2 is 2.32 bits per heavy atom. The van der Waals surface area contributed by atoms with Gasteiger partial charge in [0.05, 0.1) is 19.0 Å². The summed E-state index contributed by atoms with van der Waals surface area (Å²) in [5.74, 6) is 2.49. The molecule has 6 nitrogen and oxygen atoms in total. The molecule has 28 heavy (non-hydrogen) atoms. The van der Waals surface area contributed by atoms with Gasteiger partial charge >= 0.3 is 0 Å². The number of aliphatic imine (C=N–C) groups is 1. The highest BCUT2D eigenvalue weighted by molar-refractivity contribution is 14.0. The molecule has 3 aromatic rings. The molecule has 150 valence electrons. The van der Waals surface area contributed by atoms with Gasteiger partial charge in [0.15, 0.2) is 5.96 Å². The molecule has 4 heterocycles. The number of aryl methyl sites for hydroxylation is 1. The Balaban J connectivity index is 0.00000225. The maximum absolute atomic E-state index is 5.44. The van der Waals surface area contributed by atoms with Crippen LogP contribution in [0.2, 0.25) is 0 Å². The van der Waals surface area contributed by atoms with Gasteiger partial charge < -0.3 is 14.6 Å². The summed E-state index contributed by atoms with van der Waals surface area (Å²) in [7, 11) is 1.97. The van der Waals surface area contributed by atoms with Gasteiger partial charge in [-0.2, -0.15) is 5.10 Å². The van der Waals surface area contributed by atoms with Crippen LogP contribution < -0.4 is 5.32 Å². The Labute approximate surface area is 186 Å². The molecule has 1 saturated heterocycles. The molecule has 1 aliphatic heterocycles. The van der Waals surface area contributed by atoms with Gasteiger partial charge in [-0.15, -0.1) is 35.3 Å². The topological polar surface area (TPSA) is 58.6 Å². The van der Waals surface area contributed by atoms with Crippen LogP contribution in [0.3, 0.4) is 0 Å². The van der Waals surface area contributed by atoms with Crippen LogP contribution in [0.5, 0.6) is 0 Å². The fourth-order valence-electron chi connectivity index (χ4n) is 3.45. The lowest BCUT2D eigenvalue weighted by Crippen LogP contribution is -2.41. The molecule has 0 saturated carbocycles. The molecule has 0 bridgehead atoms. The molecular weight excluding hydrogens is 485 g/mol. The zero-order valence-corrected chi connectivity index (χ0v) is 19.1. The van der Waals surface area contributed by atoms with Gasteiger partial charge in [-0.25, -0.2) is 4.99 Å². The zero-order valence-electron chi connectivity index (χ0n) is 16.0. The molecule has 0 aliphatic carbocycles. The minimum absolute atomic E-state index is 0. The fraction of sp³-hybridized carbons (Fsp3) is 0.400. The number of guanidine groups is 1. The number of aromatic nitrogens is 2. The normalized spacial score (nSPS) is 17.0. The predicted octanol–water partition coefficient (Wildman–Crippen LogP) is 3.87. The zero-order chi connectivity index (χ0) is 18.5. The van der Waals surface area contributed by atoms with Gasteiger partial charge in [0.25, 0.3) is 0 Å². The van der Waals surface area contributed by atoms with Gasteiger partial charge in [-0.1, -0.05) is 6.07 Å². The summed E-state index contributed by atoms with van der Waals surface area (Å²) in [5.41, 5.74) is 1.31. The van der Waals surface area contributed by atoms with Crippen molar-refractivity contribution in [2.75, 3.05) is 19.6 Å². The Morgan fingerprint density at radius 1 is 1.39 bits per heavy atom. The van der Waals surface area contributed by atoms with Crippen LogP contribution in [0.4, 0.5) is 0 Å². The summed E-state index contributed by atoms with van der Waals surface area (Å²) < 4.78 is 7.32. The molecular formula is C20H26IN5OS. The first-order valence-electron chi connectivity index (χ1n) is 9.34. The van der Waals surface area contributed by atoms with E-state index in [1.807, 2.05) is 30.1 Å². The third-order valence-corrected chi connectivity index (χ3v) is 5.74. The number of hydrogen-bond acceptors (Lipinski definition) is 4. The van der Waals surface area contributed by atoms with Crippen molar-refractivity contribution in [3.05, 3.63) is 64.5 Å². The molecule has 1 N–H and O–H groups in total. The van der Waals surface area contributed by atoms with Crippen LogP contribution >= 0.6 is 35.3 Å². The molecule has 1 unspecified atom stereocenters. The number of likely N-dealkylation sites (tertiary alicyclic amines) is 1. The summed E-state index contributed by atoms with van der Waals surface area (Å²) in [5, 5.41) is 9.96.